The number of likely N-dealkylation sites (tertiary alicyclic amines) is 1. The summed E-state index contributed by atoms with van der Waals surface area (Å²) in [6.07, 6.45) is 3.25. The predicted octanol–water partition coefficient (Wildman–Crippen LogP) is 3.77. The molecular weight excluding hydrogens is 501 g/mol. The highest BCUT2D eigenvalue weighted by Crippen LogP contribution is 2.35. The molecule has 2 aromatic rings. The lowest BCUT2D eigenvalue weighted by molar-refractivity contribution is -0.136. The minimum absolute atomic E-state index is 0.119. The number of carbonyl (C=O) groups excluding carboxylic acids is 3. The fourth-order valence-corrected chi connectivity index (χ4v) is 5.59. The van der Waals surface area contributed by atoms with Gasteiger partial charge in [0.05, 0.1) is 0 Å². The van der Waals surface area contributed by atoms with Crippen LogP contribution in [0, 0.1) is 5.82 Å². The molecule has 3 amide bonds. The second-order valence-corrected chi connectivity index (χ2v) is 10.3. The van der Waals surface area contributed by atoms with Gasteiger partial charge in [-0.3, -0.25) is 19.7 Å². The van der Waals surface area contributed by atoms with E-state index in [9.17, 15) is 14.4 Å². The summed E-state index contributed by atoms with van der Waals surface area (Å²) in [5, 5.41) is 2.30. The van der Waals surface area contributed by atoms with Gasteiger partial charge >= 0.3 is 0 Å². The lowest BCUT2D eigenvalue weighted by atomic mass is 9.87. The van der Waals surface area contributed by atoms with Crippen molar-refractivity contribution in [3.8, 4) is 0 Å². The van der Waals surface area contributed by atoms with Crippen LogP contribution in [0.3, 0.4) is 0 Å². The van der Waals surface area contributed by atoms with Crippen molar-refractivity contribution in [1.29, 1.82) is 0 Å². The van der Waals surface area contributed by atoms with Crippen molar-refractivity contribution in [2.45, 2.75) is 50.6 Å². The van der Waals surface area contributed by atoms with Gasteiger partial charge in [-0.15, -0.1) is 0 Å². The van der Waals surface area contributed by atoms with Crippen LogP contribution in [0.5, 0.6) is 0 Å². The summed E-state index contributed by atoms with van der Waals surface area (Å²) < 4.78 is 16.2. The number of imide groups is 1. The molecule has 34 heavy (non-hydrogen) atoms. The van der Waals surface area contributed by atoms with Crippen LogP contribution in [-0.4, -0.2) is 53.2 Å². The summed E-state index contributed by atoms with van der Waals surface area (Å²) in [6, 6.07) is 10.9. The normalized spacial score (nSPS) is 21.6. The van der Waals surface area contributed by atoms with E-state index in [2.05, 4.69) is 50.4 Å². The fourth-order valence-electron chi connectivity index (χ4n) is 5.33. The number of fused-ring (bicyclic) bond motifs is 1. The molecule has 3 aliphatic heterocycles. The number of carbonyl (C=O) groups is 3. The Bertz CT molecular complexity index is 1130. The molecule has 5 rings (SSSR count). The maximum absolute atomic E-state index is 15.1. The third-order valence-corrected chi connectivity index (χ3v) is 7.83. The predicted molar refractivity (Wildman–Crippen MR) is 129 cm³/mol. The Morgan fingerprint density at radius 3 is 2.47 bits per heavy atom. The second-order valence-electron chi connectivity index (χ2n) is 9.42. The SMILES string of the molecule is O=C1CCC(N2Cc3cc(C4CCN(CCc5ccc(Br)cc5)CC4)c(F)cc3C2=O)C(=O)N1. The van der Waals surface area contributed by atoms with E-state index in [0.29, 0.717) is 17.5 Å². The van der Waals surface area contributed by atoms with E-state index >= 15 is 4.39 Å². The van der Waals surface area contributed by atoms with E-state index in [1.807, 2.05) is 6.07 Å². The lowest BCUT2D eigenvalue weighted by Gasteiger charge is -2.32. The molecule has 2 aromatic carbocycles. The Labute approximate surface area is 206 Å². The first-order chi connectivity index (χ1) is 16.4. The van der Waals surface area contributed by atoms with Gasteiger partial charge in [0.1, 0.15) is 11.9 Å². The van der Waals surface area contributed by atoms with Crippen LogP contribution in [-0.2, 0) is 22.6 Å². The van der Waals surface area contributed by atoms with Gasteiger partial charge in [0.2, 0.25) is 11.8 Å². The van der Waals surface area contributed by atoms with Crippen LogP contribution in [0.25, 0.3) is 0 Å². The highest BCUT2D eigenvalue weighted by atomic mass is 79.9. The van der Waals surface area contributed by atoms with Crippen molar-refractivity contribution in [2.75, 3.05) is 19.6 Å². The van der Waals surface area contributed by atoms with Crippen LogP contribution in [0.2, 0.25) is 0 Å². The van der Waals surface area contributed by atoms with Gasteiger partial charge in [-0.2, -0.15) is 0 Å². The fraction of sp³-hybridized carbons (Fsp3) is 0.423. The smallest absolute Gasteiger partial charge is 0.255 e. The van der Waals surface area contributed by atoms with Gasteiger partial charge in [0.15, 0.2) is 0 Å². The zero-order chi connectivity index (χ0) is 23.8. The zero-order valence-corrected chi connectivity index (χ0v) is 20.4. The van der Waals surface area contributed by atoms with Crippen LogP contribution < -0.4 is 5.32 Å². The Kier molecular flexibility index (Phi) is 6.53. The first-order valence-electron chi connectivity index (χ1n) is 11.8. The summed E-state index contributed by atoms with van der Waals surface area (Å²) in [7, 11) is 0. The van der Waals surface area contributed by atoms with Crippen LogP contribution in [0.4, 0.5) is 4.39 Å². The summed E-state index contributed by atoms with van der Waals surface area (Å²) in [5.41, 5.74) is 3.08. The number of rotatable bonds is 5. The topological polar surface area (TPSA) is 69.7 Å². The van der Waals surface area contributed by atoms with Crippen LogP contribution >= 0.6 is 15.9 Å². The number of amides is 3. The first kappa shape index (κ1) is 23.2. The third kappa shape index (κ3) is 4.66. The quantitative estimate of drug-likeness (QED) is 0.601. The van der Waals surface area contributed by atoms with Crippen molar-refractivity contribution in [3.05, 3.63) is 68.9 Å². The molecule has 0 bridgehead atoms. The number of halogens is 2. The van der Waals surface area contributed by atoms with E-state index in [1.54, 1.807) is 0 Å². The summed E-state index contributed by atoms with van der Waals surface area (Å²) in [6.45, 7) is 3.09. The number of hydrogen-bond donors (Lipinski definition) is 1. The average molecular weight is 528 g/mol. The molecule has 2 saturated heterocycles. The number of piperidine rings is 2. The number of nitrogens with one attached hydrogen (secondary N) is 1. The molecule has 1 unspecified atom stereocenters. The maximum atomic E-state index is 15.1. The molecule has 6 nitrogen and oxygen atoms in total. The van der Waals surface area contributed by atoms with E-state index in [-0.39, 0.29) is 36.5 Å². The average Bonchev–Trinajstić information content (AvgIpc) is 3.14. The van der Waals surface area contributed by atoms with Crippen molar-refractivity contribution >= 4 is 33.7 Å². The highest BCUT2D eigenvalue weighted by molar-refractivity contribution is 9.10. The van der Waals surface area contributed by atoms with Crippen molar-refractivity contribution in [3.63, 3.8) is 0 Å². The van der Waals surface area contributed by atoms with E-state index in [1.165, 1.54) is 16.5 Å². The molecule has 3 heterocycles. The minimum atomic E-state index is -0.682. The van der Waals surface area contributed by atoms with Crippen LogP contribution in [0.1, 0.15) is 58.6 Å². The Morgan fingerprint density at radius 1 is 1.03 bits per heavy atom. The Hall–Kier alpha value is -2.58. The molecule has 8 heteroatoms. The van der Waals surface area contributed by atoms with Gasteiger partial charge in [0.25, 0.3) is 5.91 Å². The van der Waals surface area contributed by atoms with Crippen molar-refractivity contribution < 1.29 is 18.8 Å². The number of benzene rings is 2. The molecule has 0 aromatic heterocycles. The highest BCUT2D eigenvalue weighted by Gasteiger charge is 2.40. The molecular formula is C26H27BrFN3O3. The van der Waals surface area contributed by atoms with Gasteiger partial charge < -0.3 is 9.80 Å². The molecule has 0 radical (unpaired) electrons. The largest absolute Gasteiger partial charge is 0.322 e. The second kappa shape index (κ2) is 9.58. The lowest BCUT2D eigenvalue weighted by Crippen LogP contribution is -2.52. The molecule has 1 atom stereocenters. The summed E-state index contributed by atoms with van der Waals surface area (Å²) in [4.78, 5) is 40.5. The molecule has 3 aliphatic rings. The van der Waals surface area contributed by atoms with Gasteiger partial charge in [0, 0.05) is 29.5 Å². The van der Waals surface area contributed by atoms with Gasteiger partial charge in [-0.05, 0) is 79.6 Å². The summed E-state index contributed by atoms with van der Waals surface area (Å²) >= 11 is 3.47. The Morgan fingerprint density at radius 2 is 1.76 bits per heavy atom. The molecule has 1 N–H and O–H groups in total. The Balaban J connectivity index is 1.22. The number of nitrogens with zero attached hydrogens (tertiary/aromatic N) is 2. The monoisotopic (exact) mass is 527 g/mol. The van der Waals surface area contributed by atoms with Crippen molar-refractivity contribution in [1.82, 2.24) is 15.1 Å². The van der Waals surface area contributed by atoms with E-state index in [4.69, 9.17) is 0 Å². The maximum Gasteiger partial charge on any atom is 0.255 e. The number of hydrogen-bond acceptors (Lipinski definition) is 4. The van der Waals surface area contributed by atoms with E-state index in [0.717, 1.165) is 48.9 Å². The molecule has 178 valence electrons. The molecule has 2 fully saturated rings. The first-order valence-corrected chi connectivity index (χ1v) is 12.6. The molecule has 0 spiro atoms. The zero-order valence-electron chi connectivity index (χ0n) is 18.9. The van der Waals surface area contributed by atoms with Crippen molar-refractivity contribution in [2.24, 2.45) is 0 Å². The van der Waals surface area contributed by atoms with Gasteiger partial charge in [-0.1, -0.05) is 34.1 Å². The van der Waals surface area contributed by atoms with Crippen LogP contribution in [0.15, 0.2) is 40.9 Å². The minimum Gasteiger partial charge on any atom is -0.322 e. The molecule has 0 saturated carbocycles. The summed E-state index contributed by atoms with van der Waals surface area (Å²) in [5.74, 6) is -1.33. The van der Waals surface area contributed by atoms with E-state index < -0.39 is 11.9 Å². The van der Waals surface area contributed by atoms with Gasteiger partial charge in [-0.25, -0.2) is 4.39 Å². The molecule has 0 aliphatic carbocycles. The standard InChI is InChI=1S/C26H27BrFN3O3/c27-19-3-1-16(2-4-19)7-10-30-11-8-17(9-12-30)20-13-18-15-31(26(34)21(18)14-22(20)28)23-5-6-24(32)29-25(23)33/h1-4,13-14,17,23H,5-12,15H2,(H,29,32,33). The third-order valence-electron chi connectivity index (χ3n) is 7.30.